The number of anilines is 1. The van der Waals surface area contributed by atoms with E-state index in [0.717, 1.165) is 31.0 Å². The number of nitrogens with zero attached hydrogens (tertiary/aromatic N) is 1. The molecule has 1 N–H and O–H groups in total. The largest absolute Gasteiger partial charge is 0.372 e. The number of piperidine rings is 1. The Balaban J connectivity index is 1.49. The lowest BCUT2D eigenvalue weighted by atomic mass is 9.98. The molecular formula is C24H32N2O. The van der Waals surface area contributed by atoms with Gasteiger partial charge in [-0.2, -0.15) is 0 Å². The van der Waals surface area contributed by atoms with Gasteiger partial charge in [-0.1, -0.05) is 48.9 Å². The minimum atomic E-state index is 0.0333. The number of aryl methyl sites for hydroxylation is 2. The van der Waals surface area contributed by atoms with Crippen LogP contribution < -0.4 is 10.2 Å². The number of nitrogens with one attached hydrogen (secondary N) is 1. The molecule has 3 rings (SSSR count). The van der Waals surface area contributed by atoms with E-state index in [1.165, 1.54) is 29.7 Å². The Morgan fingerprint density at radius 3 is 2.33 bits per heavy atom. The van der Waals surface area contributed by atoms with Crippen LogP contribution >= 0.6 is 0 Å². The van der Waals surface area contributed by atoms with Crippen LogP contribution in [-0.4, -0.2) is 19.0 Å². The van der Waals surface area contributed by atoms with Gasteiger partial charge in [-0.25, -0.2) is 0 Å². The highest BCUT2D eigenvalue weighted by atomic mass is 16.1. The second-order valence-corrected chi connectivity index (χ2v) is 8.04. The predicted molar refractivity (Wildman–Crippen MR) is 113 cm³/mol. The Hall–Kier alpha value is -2.29. The summed E-state index contributed by atoms with van der Waals surface area (Å²) in [6.45, 7) is 8.76. The first-order chi connectivity index (χ1) is 13.0. The molecule has 1 amide bonds. The van der Waals surface area contributed by atoms with Gasteiger partial charge in [-0.05, 0) is 62.3 Å². The fourth-order valence-electron chi connectivity index (χ4n) is 3.65. The van der Waals surface area contributed by atoms with Crippen LogP contribution in [0.3, 0.4) is 0 Å². The van der Waals surface area contributed by atoms with Gasteiger partial charge in [0.15, 0.2) is 0 Å². The van der Waals surface area contributed by atoms with Gasteiger partial charge in [0, 0.05) is 25.2 Å². The smallest absolute Gasteiger partial charge is 0.220 e. The van der Waals surface area contributed by atoms with E-state index in [1.807, 2.05) is 0 Å². The maximum Gasteiger partial charge on any atom is 0.220 e. The van der Waals surface area contributed by atoms with Crippen molar-refractivity contribution in [2.24, 2.45) is 5.92 Å². The van der Waals surface area contributed by atoms with Gasteiger partial charge < -0.3 is 10.2 Å². The van der Waals surface area contributed by atoms with Gasteiger partial charge >= 0.3 is 0 Å². The standard InChI is InChI=1S/C24H32N2O/c1-18-4-6-21(7-5-18)8-13-24(27)25-20(3)22-9-11-23(12-10-22)26-16-14-19(2)15-17-26/h4-7,9-12,19-20H,8,13-17H2,1-3H3,(H,25,27). The molecule has 144 valence electrons. The number of carbonyl (C=O) groups is 1. The lowest BCUT2D eigenvalue weighted by Gasteiger charge is -2.32. The summed E-state index contributed by atoms with van der Waals surface area (Å²) < 4.78 is 0. The lowest BCUT2D eigenvalue weighted by molar-refractivity contribution is -0.121. The molecule has 3 nitrogen and oxygen atoms in total. The van der Waals surface area contributed by atoms with Crippen molar-refractivity contribution in [2.75, 3.05) is 18.0 Å². The zero-order valence-corrected chi connectivity index (χ0v) is 16.9. The van der Waals surface area contributed by atoms with E-state index >= 15 is 0 Å². The van der Waals surface area contributed by atoms with Crippen LogP contribution in [0.2, 0.25) is 0 Å². The van der Waals surface area contributed by atoms with Gasteiger partial charge in [-0.3, -0.25) is 4.79 Å². The highest BCUT2D eigenvalue weighted by molar-refractivity contribution is 5.76. The topological polar surface area (TPSA) is 32.3 Å². The molecule has 0 aromatic heterocycles. The van der Waals surface area contributed by atoms with Crippen LogP contribution in [-0.2, 0) is 11.2 Å². The van der Waals surface area contributed by atoms with E-state index in [9.17, 15) is 4.79 Å². The molecule has 0 saturated carbocycles. The summed E-state index contributed by atoms with van der Waals surface area (Å²) in [5.41, 5.74) is 4.92. The summed E-state index contributed by atoms with van der Waals surface area (Å²) >= 11 is 0. The van der Waals surface area contributed by atoms with Crippen LogP contribution in [0.5, 0.6) is 0 Å². The molecule has 1 fully saturated rings. The predicted octanol–water partition coefficient (Wildman–Crippen LogP) is 5.04. The second-order valence-electron chi connectivity index (χ2n) is 8.04. The monoisotopic (exact) mass is 364 g/mol. The van der Waals surface area contributed by atoms with Crippen molar-refractivity contribution in [1.29, 1.82) is 0 Å². The van der Waals surface area contributed by atoms with Crippen molar-refractivity contribution in [3.8, 4) is 0 Å². The second kappa shape index (κ2) is 9.07. The van der Waals surface area contributed by atoms with Crippen molar-refractivity contribution in [3.05, 3.63) is 65.2 Å². The summed E-state index contributed by atoms with van der Waals surface area (Å²) in [5.74, 6) is 0.952. The zero-order valence-electron chi connectivity index (χ0n) is 16.9. The molecule has 1 saturated heterocycles. The van der Waals surface area contributed by atoms with E-state index in [1.54, 1.807) is 0 Å². The fourth-order valence-corrected chi connectivity index (χ4v) is 3.65. The highest BCUT2D eigenvalue weighted by Gasteiger charge is 2.16. The Morgan fingerprint density at radius 2 is 1.70 bits per heavy atom. The number of hydrogen-bond acceptors (Lipinski definition) is 2. The average molecular weight is 365 g/mol. The van der Waals surface area contributed by atoms with E-state index in [-0.39, 0.29) is 11.9 Å². The first-order valence-corrected chi connectivity index (χ1v) is 10.2. The van der Waals surface area contributed by atoms with Crippen molar-refractivity contribution in [3.63, 3.8) is 0 Å². The quantitative estimate of drug-likeness (QED) is 0.779. The molecule has 1 aliphatic rings. The summed E-state index contributed by atoms with van der Waals surface area (Å²) in [5, 5.41) is 3.13. The highest BCUT2D eigenvalue weighted by Crippen LogP contribution is 2.24. The SMILES string of the molecule is Cc1ccc(CCC(=O)NC(C)c2ccc(N3CCC(C)CC3)cc2)cc1. The zero-order chi connectivity index (χ0) is 19.2. The minimum absolute atomic E-state index is 0.0333. The van der Waals surface area contributed by atoms with Crippen LogP contribution in [0.4, 0.5) is 5.69 Å². The van der Waals surface area contributed by atoms with Gasteiger partial charge in [0.1, 0.15) is 0 Å². The summed E-state index contributed by atoms with van der Waals surface area (Å²) in [7, 11) is 0. The molecule has 0 radical (unpaired) electrons. The van der Waals surface area contributed by atoms with Crippen LogP contribution in [0, 0.1) is 12.8 Å². The van der Waals surface area contributed by atoms with Gasteiger partial charge in [0.25, 0.3) is 0 Å². The normalized spacial score (nSPS) is 16.2. The molecule has 2 aromatic rings. The molecule has 1 heterocycles. The number of hydrogen-bond donors (Lipinski definition) is 1. The maximum atomic E-state index is 12.3. The number of amides is 1. The van der Waals surface area contributed by atoms with Crippen molar-refractivity contribution < 1.29 is 4.79 Å². The minimum Gasteiger partial charge on any atom is -0.372 e. The molecular weight excluding hydrogens is 332 g/mol. The Kier molecular flexibility index (Phi) is 6.54. The van der Waals surface area contributed by atoms with E-state index in [0.29, 0.717) is 6.42 Å². The Labute approximate surface area is 163 Å². The lowest BCUT2D eigenvalue weighted by Crippen LogP contribution is -2.32. The molecule has 1 unspecified atom stereocenters. The van der Waals surface area contributed by atoms with Gasteiger partial charge in [-0.15, -0.1) is 0 Å². The van der Waals surface area contributed by atoms with Crippen molar-refractivity contribution in [2.45, 2.75) is 52.5 Å². The molecule has 0 bridgehead atoms. The van der Waals surface area contributed by atoms with Crippen LogP contribution in [0.1, 0.15) is 55.8 Å². The summed E-state index contributed by atoms with van der Waals surface area (Å²) in [4.78, 5) is 14.8. The van der Waals surface area contributed by atoms with Crippen LogP contribution in [0.15, 0.2) is 48.5 Å². The summed E-state index contributed by atoms with van der Waals surface area (Å²) in [6.07, 6.45) is 3.85. The van der Waals surface area contributed by atoms with Gasteiger partial charge in [0.2, 0.25) is 5.91 Å². The number of carbonyl (C=O) groups excluding carboxylic acids is 1. The third-order valence-electron chi connectivity index (χ3n) is 5.68. The molecule has 3 heteroatoms. The third-order valence-corrected chi connectivity index (χ3v) is 5.68. The average Bonchev–Trinajstić information content (AvgIpc) is 2.68. The fraction of sp³-hybridized carbons (Fsp3) is 0.458. The van der Waals surface area contributed by atoms with Gasteiger partial charge in [0.05, 0.1) is 6.04 Å². The molecule has 0 aliphatic carbocycles. The first kappa shape index (κ1) is 19.5. The molecule has 0 spiro atoms. The van der Waals surface area contributed by atoms with Crippen LogP contribution in [0.25, 0.3) is 0 Å². The number of benzene rings is 2. The summed E-state index contributed by atoms with van der Waals surface area (Å²) in [6, 6.07) is 17.1. The van der Waals surface area contributed by atoms with Crippen molar-refractivity contribution in [1.82, 2.24) is 5.32 Å². The van der Waals surface area contributed by atoms with E-state index in [2.05, 4.69) is 79.5 Å². The van der Waals surface area contributed by atoms with Crippen molar-refractivity contribution >= 4 is 11.6 Å². The van der Waals surface area contributed by atoms with E-state index < -0.39 is 0 Å². The molecule has 27 heavy (non-hydrogen) atoms. The molecule has 2 aromatic carbocycles. The molecule has 1 aliphatic heterocycles. The van der Waals surface area contributed by atoms with E-state index in [4.69, 9.17) is 0 Å². The maximum absolute atomic E-state index is 12.3. The Bertz CT molecular complexity index is 728. The molecule has 1 atom stereocenters. The number of rotatable bonds is 6. The Morgan fingerprint density at radius 1 is 1.07 bits per heavy atom. The first-order valence-electron chi connectivity index (χ1n) is 10.2. The third kappa shape index (κ3) is 5.59.